The van der Waals surface area contributed by atoms with E-state index in [0.717, 1.165) is 54.0 Å². The van der Waals surface area contributed by atoms with Gasteiger partial charge in [-0.3, -0.25) is 5.01 Å². The number of benzene rings is 2. The van der Waals surface area contributed by atoms with Crippen LogP contribution in [0.2, 0.25) is 0 Å². The largest absolute Gasteiger partial charge is 2.00 e. The number of ether oxygens (including phenoxy) is 1. The van der Waals surface area contributed by atoms with E-state index in [1.165, 1.54) is 5.25 Å². The molecule has 1 aliphatic heterocycles. The van der Waals surface area contributed by atoms with E-state index in [9.17, 15) is 5.11 Å². The first kappa shape index (κ1) is 41.6. The Labute approximate surface area is 318 Å². The van der Waals surface area contributed by atoms with E-state index in [1.807, 2.05) is 131 Å². The number of hydrogen-bond donors (Lipinski definition) is 1. The molecule has 0 aromatic heterocycles. The Balaban J connectivity index is 0.000000375. The summed E-state index contributed by atoms with van der Waals surface area (Å²) in [5.41, 5.74) is 1.22. The summed E-state index contributed by atoms with van der Waals surface area (Å²) in [6, 6.07) is 20.0. The first-order valence-corrected chi connectivity index (χ1v) is 17.0. The van der Waals surface area contributed by atoms with Gasteiger partial charge in [0.15, 0.2) is 0 Å². The monoisotopic (exact) mass is 738 g/mol. The Bertz CT molecular complexity index is 1110. The van der Waals surface area contributed by atoms with Crippen LogP contribution in [0.4, 0.5) is 0 Å². The maximum atomic E-state index is 12.4. The molecule has 1 heterocycles. The molecule has 4 saturated carbocycles. The molecule has 0 unspecified atom stereocenters. The van der Waals surface area contributed by atoms with E-state index in [1.54, 1.807) is 18.9 Å². The zero-order valence-corrected chi connectivity index (χ0v) is 30.3. The SMILES string of the molecule is COC[C@@H]1CCCN1/N=C(\[C]1[CH][CH][CH][CH]1)[C]1[CH][CH][CH][C]1C(O)(c1ccccc1)c1ccccc1.CS[C]1[CH][CH][CH][CH]1.[CH]1[CH][CH][CH][CH]1.[Fe+2].[Fe+2]. The summed E-state index contributed by atoms with van der Waals surface area (Å²) in [7, 11) is 1.74. The van der Waals surface area contributed by atoms with Crippen molar-refractivity contribution < 1.29 is 44.0 Å². The number of aliphatic hydroxyl groups is 1. The zero-order valence-electron chi connectivity index (χ0n) is 27.3. The van der Waals surface area contributed by atoms with Gasteiger partial charge < -0.3 is 9.84 Å². The zero-order chi connectivity index (χ0) is 32.0. The summed E-state index contributed by atoms with van der Waals surface area (Å²) >= 11 is 1.78. The Morgan fingerprint density at radius 3 is 1.81 bits per heavy atom. The van der Waals surface area contributed by atoms with Crippen molar-refractivity contribution in [1.29, 1.82) is 0 Å². The fourth-order valence-electron chi connectivity index (χ4n) is 5.83. The maximum absolute atomic E-state index is 12.4. The molecular formula is C41H42Fe2N2O2S+4. The number of rotatable bonds is 9. The van der Waals surface area contributed by atoms with Crippen LogP contribution in [0.1, 0.15) is 24.0 Å². The van der Waals surface area contributed by atoms with Crippen molar-refractivity contribution in [2.24, 2.45) is 5.10 Å². The van der Waals surface area contributed by atoms with Crippen molar-refractivity contribution in [3.63, 3.8) is 0 Å². The van der Waals surface area contributed by atoms with Gasteiger partial charge >= 0.3 is 34.1 Å². The molecule has 4 aliphatic carbocycles. The van der Waals surface area contributed by atoms with Crippen molar-refractivity contribution in [2.45, 2.75) is 24.5 Å². The topological polar surface area (TPSA) is 45.1 Å². The molecule has 7 rings (SSSR count). The van der Waals surface area contributed by atoms with Gasteiger partial charge in [-0.25, -0.2) is 0 Å². The van der Waals surface area contributed by atoms with Gasteiger partial charge in [-0.05, 0) is 133 Å². The van der Waals surface area contributed by atoms with Crippen molar-refractivity contribution >= 4 is 17.5 Å². The van der Waals surface area contributed by atoms with Crippen LogP contribution in [-0.4, -0.2) is 48.4 Å². The number of hydrazone groups is 1. The average Bonchev–Trinajstić information content (AvgIpc) is 3.95. The second-order valence-electron chi connectivity index (χ2n) is 11.1. The molecule has 0 amide bonds. The van der Waals surface area contributed by atoms with E-state index < -0.39 is 5.60 Å². The summed E-state index contributed by atoms with van der Waals surface area (Å²) in [4.78, 5) is 0. The van der Waals surface area contributed by atoms with Crippen LogP contribution in [-0.2, 0) is 44.5 Å². The summed E-state index contributed by atoms with van der Waals surface area (Å²) < 4.78 is 5.46. The van der Waals surface area contributed by atoms with Crippen LogP contribution in [0.15, 0.2) is 65.8 Å². The fourth-order valence-corrected chi connectivity index (χ4v) is 6.26. The molecule has 7 heteroatoms. The third-order valence-electron chi connectivity index (χ3n) is 8.14. The van der Waals surface area contributed by atoms with Gasteiger partial charge in [0.2, 0.25) is 0 Å². The summed E-state index contributed by atoms with van der Waals surface area (Å²) in [5, 5.41) is 21.1. The molecule has 1 saturated heterocycles. The summed E-state index contributed by atoms with van der Waals surface area (Å²) in [5.74, 6) is 2.80. The molecule has 246 valence electrons. The molecule has 5 fully saturated rings. The molecule has 2 aromatic rings. The Morgan fingerprint density at radius 2 is 1.31 bits per heavy atom. The molecular weight excluding hydrogens is 696 g/mol. The quantitative estimate of drug-likeness (QED) is 0.217. The van der Waals surface area contributed by atoms with Crippen LogP contribution in [0.3, 0.4) is 0 Å². The smallest absolute Gasteiger partial charge is 0.382 e. The normalized spacial score (nSPS) is 22.4. The second kappa shape index (κ2) is 22.2. The van der Waals surface area contributed by atoms with Crippen LogP contribution >= 0.6 is 11.8 Å². The van der Waals surface area contributed by atoms with E-state index in [4.69, 9.17) is 9.84 Å². The average molecular weight is 739 g/mol. The molecule has 4 nitrogen and oxygen atoms in total. The summed E-state index contributed by atoms with van der Waals surface area (Å²) in [6.07, 6.45) is 36.9. The Hall–Kier alpha value is -0.781. The first-order chi connectivity index (χ1) is 22.6. The standard InChI is InChI=1S/C30H30N2O2.C6H7S.C5H5.2Fe/c1-34-22-26-18-11-21-32(26)31-29(23-12-8-9-13-23)27-19-10-20-28(27)30(33,24-14-4-2-5-15-24)25-16-6-3-7-17-25;1-7-6-4-2-3-5-6;1-2-4-5-3-1;;/h2-10,12-17,19-20,26,33H,11,18,21-22H2,1H3;2-5H,1H3;1-5H;;/q;;;2*+2/b31-29+;;;;/t26-;;;;/m0..../s1. The minimum absolute atomic E-state index is 0. The van der Waals surface area contributed by atoms with Crippen molar-refractivity contribution in [1.82, 2.24) is 5.01 Å². The van der Waals surface area contributed by atoms with E-state index in [-0.39, 0.29) is 40.2 Å². The molecule has 0 bridgehead atoms. The maximum Gasteiger partial charge on any atom is 2.00 e. The molecule has 2 aromatic carbocycles. The number of thioether (sulfide) groups is 1. The minimum atomic E-state index is -1.31. The van der Waals surface area contributed by atoms with Crippen LogP contribution in [0, 0.1) is 126 Å². The van der Waals surface area contributed by atoms with Gasteiger partial charge in [-0.1, -0.05) is 60.7 Å². The predicted molar refractivity (Wildman–Crippen MR) is 190 cm³/mol. The third kappa shape index (κ3) is 11.1. The minimum Gasteiger partial charge on any atom is -0.382 e. The first-order valence-electron chi connectivity index (χ1n) is 15.7. The fraction of sp³-hybridized carbons (Fsp3) is 0.195. The van der Waals surface area contributed by atoms with Crippen molar-refractivity contribution in [3.05, 3.63) is 198 Å². The molecule has 20 radical (unpaired) electrons. The van der Waals surface area contributed by atoms with Crippen molar-refractivity contribution in [2.75, 3.05) is 26.5 Å². The van der Waals surface area contributed by atoms with Gasteiger partial charge in [0.25, 0.3) is 0 Å². The second-order valence-corrected chi connectivity index (χ2v) is 12.0. The number of nitrogens with zero attached hydrogens (tertiary/aromatic N) is 2. The summed E-state index contributed by atoms with van der Waals surface area (Å²) in [6.45, 7) is 1.56. The van der Waals surface area contributed by atoms with E-state index in [2.05, 4.69) is 43.4 Å². The van der Waals surface area contributed by atoms with Gasteiger partial charge in [0.1, 0.15) is 5.60 Å². The van der Waals surface area contributed by atoms with Crippen LogP contribution in [0.25, 0.3) is 0 Å². The Kier molecular flexibility index (Phi) is 19.3. The van der Waals surface area contributed by atoms with E-state index >= 15 is 0 Å². The predicted octanol–water partition coefficient (Wildman–Crippen LogP) is 7.30. The molecule has 5 aliphatic rings. The van der Waals surface area contributed by atoms with Crippen LogP contribution < -0.4 is 0 Å². The van der Waals surface area contributed by atoms with Gasteiger partial charge in [-0.15, -0.1) is 0 Å². The molecule has 1 N–H and O–H groups in total. The number of hydrogen-bond acceptors (Lipinski definition) is 5. The number of methoxy groups -OCH3 is 1. The molecule has 0 spiro atoms. The molecule has 1 atom stereocenters. The van der Waals surface area contributed by atoms with Crippen molar-refractivity contribution in [3.8, 4) is 0 Å². The van der Waals surface area contributed by atoms with Gasteiger partial charge in [-0.2, -0.15) is 16.9 Å². The third-order valence-corrected chi connectivity index (χ3v) is 8.88. The molecule has 48 heavy (non-hydrogen) atoms. The van der Waals surface area contributed by atoms with E-state index in [0.29, 0.717) is 6.61 Å². The van der Waals surface area contributed by atoms with Crippen LogP contribution in [0.5, 0.6) is 0 Å². The van der Waals surface area contributed by atoms with Gasteiger partial charge in [0.05, 0.1) is 18.4 Å². The Morgan fingerprint density at radius 1 is 0.771 bits per heavy atom. The van der Waals surface area contributed by atoms with Gasteiger partial charge in [0, 0.05) is 36.7 Å².